The summed E-state index contributed by atoms with van der Waals surface area (Å²) >= 11 is 0. The molecule has 1 heterocycles. The molecule has 0 spiro atoms. The van der Waals surface area contributed by atoms with Crippen LogP contribution in [0, 0.1) is 11.8 Å². The van der Waals surface area contributed by atoms with Gasteiger partial charge in [0.05, 0.1) is 5.92 Å². The van der Waals surface area contributed by atoms with Crippen LogP contribution in [0.1, 0.15) is 52.9 Å². The van der Waals surface area contributed by atoms with E-state index in [2.05, 4.69) is 31.4 Å². The third-order valence-corrected chi connectivity index (χ3v) is 3.47. The summed E-state index contributed by atoms with van der Waals surface area (Å²) in [5, 5.41) is 6.43. The maximum Gasteiger partial charge on any atom is 0.224 e. The van der Waals surface area contributed by atoms with Crippen LogP contribution >= 0.6 is 0 Å². The van der Waals surface area contributed by atoms with Gasteiger partial charge in [0.2, 0.25) is 5.91 Å². The van der Waals surface area contributed by atoms with Crippen molar-refractivity contribution in [2.75, 3.05) is 13.1 Å². The normalized spacial score (nSPS) is 22.5. The molecule has 1 aliphatic heterocycles. The van der Waals surface area contributed by atoms with Crippen molar-refractivity contribution >= 4 is 5.91 Å². The predicted molar refractivity (Wildman–Crippen MR) is 71.9 cm³/mol. The molecular formula is C14H28N2O. The number of hydrogen-bond acceptors (Lipinski definition) is 2. The number of piperidine rings is 1. The van der Waals surface area contributed by atoms with E-state index < -0.39 is 0 Å². The van der Waals surface area contributed by atoms with Gasteiger partial charge in [-0.2, -0.15) is 0 Å². The molecule has 0 aromatic rings. The van der Waals surface area contributed by atoms with Crippen LogP contribution in [-0.2, 0) is 4.79 Å². The summed E-state index contributed by atoms with van der Waals surface area (Å²) in [6, 6.07) is 0.322. The van der Waals surface area contributed by atoms with Crippen molar-refractivity contribution in [3.05, 3.63) is 0 Å². The molecule has 1 amide bonds. The van der Waals surface area contributed by atoms with E-state index in [4.69, 9.17) is 0 Å². The summed E-state index contributed by atoms with van der Waals surface area (Å²) in [5.41, 5.74) is 0. The fourth-order valence-corrected chi connectivity index (χ4v) is 2.34. The molecule has 17 heavy (non-hydrogen) atoms. The average Bonchev–Trinajstić information content (AvgIpc) is 2.29. The minimum Gasteiger partial charge on any atom is -0.353 e. The highest BCUT2D eigenvalue weighted by molar-refractivity contribution is 5.79. The molecule has 0 aromatic heterocycles. The molecule has 1 aliphatic rings. The van der Waals surface area contributed by atoms with Gasteiger partial charge in [-0.1, -0.05) is 26.7 Å². The lowest BCUT2D eigenvalue weighted by Gasteiger charge is -2.24. The zero-order valence-electron chi connectivity index (χ0n) is 11.6. The molecule has 2 atom stereocenters. The minimum absolute atomic E-state index is 0.191. The summed E-state index contributed by atoms with van der Waals surface area (Å²) in [4.78, 5) is 12.0. The number of amides is 1. The Morgan fingerprint density at radius 1 is 1.35 bits per heavy atom. The van der Waals surface area contributed by atoms with Crippen LogP contribution in [0.25, 0.3) is 0 Å². The molecule has 0 aliphatic carbocycles. The molecule has 1 fully saturated rings. The van der Waals surface area contributed by atoms with Crippen molar-refractivity contribution in [1.82, 2.24) is 10.6 Å². The molecule has 1 saturated heterocycles. The average molecular weight is 240 g/mol. The second-order valence-corrected chi connectivity index (χ2v) is 5.78. The van der Waals surface area contributed by atoms with E-state index in [1.54, 1.807) is 0 Å². The van der Waals surface area contributed by atoms with Crippen LogP contribution in [0.5, 0.6) is 0 Å². The Balaban J connectivity index is 2.15. The fraction of sp³-hybridized carbons (Fsp3) is 0.929. The topological polar surface area (TPSA) is 41.1 Å². The van der Waals surface area contributed by atoms with Crippen molar-refractivity contribution in [3.8, 4) is 0 Å². The van der Waals surface area contributed by atoms with E-state index in [0.29, 0.717) is 6.04 Å². The number of rotatable bonds is 6. The number of carbonyl (C=O) groups is 1. The molecule has 100 valence electrons. The lowest BCUT2D eigenvalue weighted by molar-refractivity contribution is -0.126. The molecule has 0 aromatic carbocycles. The number of carbonyl (C=O) groups excluding carboxylic acids is 1. The third kappa shape index (κ3) is 6.06. The van der Waals surface area contributed by atoms with Crippen molar-refractivity contribution in [2.45, 2.75) is 58.9 Å². The van der Waals surface area contributed by atoms with Gasteiger partial charge in [-0.15, -0.1) is 0 Å². The highest BCUT2D eigenvalue weighted by atomic mass is 16.1. The number of nitrogens with one attached hydrogen (secondary N) is 2. The molecule has 3 nitrogen and oxygen atoms in total. The molecule has 2 unspecified atom stereocenters. The van der Waals surface area contributed by atoms with Crippen molar-refractivity contribution in [3.63, 3.8) is 0 Å². The van der Waals surface area contributed by atoms with Gasteiger partial charge < -0.3 is 10.6 Å². The zero-order valence-corrected chi connectivity index (χ0v) is 11.6. The summed E-state index contributed by atoms with van der Waals surface area (Å²) < 4.78 is 0. The van der Waals surface area contributed by atoms with E-state index in [1.807, 2.05) is 0 Å². The highest BCUT2D eigenvalue weighted by Crippen LogP contribution is 2.12. The Labute approximate surface area is 106 Å². The lowest BCUT2D eigenvalue weighted by Crippen LogP contribution is -2.43. The maximum absolute atomic E-state index is 12.0. The van der Waals surface area contributed by atoms with Gasteiger partial charge in [0.15, 0.2) is 0 Å². The molecular weight excluding hydrogens is 212 g/mol. The molecule has 3 heteroatoms. The largest absolute Gasteiger partial charge is 0.353 e. The second kappa shape index (κ2) is 7.70. The standard InChI is InChI=1S/C14H28N2O/c1-11(2)6-4-7-12(3)16-14(17)13-8-5-9-15-10-13/h11-13,15H,4-10H2,1-3H3,(H,16,17). The Morgan fingerprint density at radius 3 is 2.71 bits per heavy atom. The van der Waals surface area contributed by atoms with Crippen LogP contribution in [-0.4, -0.2) is 25.0 Å². The van der Waals surface area contributed by atoms with Gasteiger partial charge in [0.25, 0.3) is 0 Å². The molecule has 0 saturated carbocycles. The Morgan fingerprint density at radius 2 is 2.12 bits per heavy atom. The van der Waals surface area contributed by atoms with Gasteiger partial charge in [-0.05, 0) is 38.6 Å². The Kier molecular flexibility index (Phi) is 6.56. The van der Waals surface area contributed by atoms with Crippen molar-refractivity contribution in [1.29, 1.82) is 0 Å². The lowest BCUT2D eigenvalue weighted by atomic mass is 9.98. The smallest absolute Gasteiger partial charge is 0.224 e. The van der Waals surface area contributed by atoms with E-state index in [1.165, 1.54) is 12.8 Å². The SMILES string of the molecule is CC(C)CCCC(C)NC(=O)C1CCCNC1. The maximum atomic E-state index is 12.0. The molecule has 2 N–H and O–H groups in total. The third-order valence-electron chi connectivity index (χ3n) is 3.47. The fourth-order valence-electron chi connectivity index (χ4n) is 2.34. The van der Waals surface area contributed by atoms with Crippen LogP contribution in [0.3, 0.4) is 0 Å². The van der Waals surface area contributed by atoms with Crippen molar-refractivity contribution in [2.24, 2.45) is 11.8 Å². The van der Waals surface area contributed by atoms with Gasteiger partial charge in [-0.25, -0.2) is 0 Å². The van der Waals surface area contributed by atoms with Crippen LogP contribution < -0.4 is 10.6 Å². The summed E-state index contributed by atoms with van der Waals surface area (Å²) in [5.74, 6) is 1.20. The Hall–Kier alpha value is -0.570. The monoisotopic (exact) mass is 240 g/mol. The van der Waals surface area contributed by atoms with Crippen LogP contribution in [0.4, 0.5) is 0 Å². The van der Waals surface area contributed by atoms with Gasteiger partial charge in [-0.3, -0.25) is 4.79 Å². The molecule has 0 radical (unpaired) electrons. The highest BCUT2D eigenvalue weighted by Gasteiger charge is 2.21. The van der Waals surface area contributed by atoms with Gasteiger partial charge >= 0.3 is 0 Å². The summed E-state index contributed by atoms with van der Waals surface area (Å²) in [6.07, 6.45) is 5.73. The summed E-state index contributed by atoms with van der Waals surface area (Å²) in [7, 11) is 0. The van der Waals surface area contributed by atoms with E-state index in [0.717, 1.165) is 38.3 Å². The first-order valence-corrected chi connectivity index (χ1v) is 7.10. The first-order valence-electron chi connectivity index (χ1n) is 7.10. The van der Waals surface area contributed by atoms with Crippen LogP contribution in [0.15, 0.2) is 0 Å². The Bertz CT molecular complexity index is 222. The predicted octanol–water partition coefficient (Wildman–Crippen LogP) is 2.32. The van der Waals surface area contributed by atoms with Crippen LogP contribution in [0.2, 0.25) is 0 Å². The first kappa shape index (κ1) is 14.5. The molecule has 0 bridgehead atoms. The van der Waals surface area contributed by atoms with Gasteiger partial charge in [0, 0.05) is 12.6 Å². The van der Waals surface area contributed by atoms with Gasteiger partial charge in [0.1, 0.15) is 0 Å². The minimum atomic E-state index is 0.191. The van der Waals surface area contributed by atoms with Crippen molar-refractivity contribution < 1.29 is 4.79 Å². The molecule has 1 rings (SSSR count). The number of hydrogen-bond donors (Lipinski definition) is 2. The van der Waals surface area contributed by atoms with E-state index in [9.17, 15) is 4.79 Å². The first-order chi connectivity index (χ1) is 8.09. The van der Waals surface area contributed by atoms with E-state index in [-0.39, 0.29) is 11.8 Å². The van der Waals surface area contributed by atoms with E-state index >= 15 is 0 Å². The summed E-state index contributed by atoms with van der Waals surface area (Å²) in [6.45, 7) is 8.53. The quantitative estimate of drug-likeness (QED) is 0.748. The zero-order chi connectivity index (χ0) is 12.7. The second-order valence-electron chi connectivity index (χ2n) is 5.78.